The van der Waals surface area contributed by atoms with Crippen LogP contribution in [0.4, 0.5) is 8.78 Å². The lowest BCUT2D eigenvalue weighted by atomic mass is 10.0. The van der Waals surface area contributed by atoms with Crippen molar-refractivity contribution in [2.24, 2.45) is 0 Å². The van der Waals surface area contributed by atoms with Crippen molar-refractivity contribution in [2.45, 2.75) is 51.7 Å². The van der Waals surface area contributed by atoms with Gasteiger partial charge in [-0.2, -0.15) is 0 Å². The SMILES string of the molecule is CC(C)(C)OC(=O)[C@@H](NC(=O)CCC(=O)Cc1cc(F)cc(F)c1)c1ccccc1. The van der Waals surface area contributed by atoms with Gasteiger partial charge < -0.3 is 10.1 Å². The smallest absolute Gasteiger partial charge is 0.333 e. The molecule has 2 rings (SSSR count). The van der Waals surface area contributed by atoms with Crippen LogP contribution in [0.15, 0.2) is 48.5 Å². The highest BCUT2D eigenvalue weighted by atomic mass is 19.1. The van der Waals surface area contributed by atoms with Gasteiger partial charge in [0, 0.05) is 25.3 Å². The Balaban J connectivity index is 1.98. The molecule has 0 unspecified atom stereocenters. The predicted molar refractivity (Wildman–Crippen MR) is 107 cm³/mol. The zero-order chi connectivity index (χ0) is 22.3. The van der Waals surface area contributed by atoms with Gasteiger partial charge in [-0.3, -0.25) is 9.59 Å². The zero-order valence-corrected chi connectivity index (χ0v) is 17.2. The second-order valence-corrected chi connectivity index (χ2v) is 7.94. The van der Waals surface area contributed by atoms with Gasteiger partial charge >= 0.3 is 5.97 Å². The van der Waals surface area contributed by atoms with Gasteiger partial charge in [-0.1, -0.05) is 30.3 Å². The molecule has 1 N–H and O–H groups in total. The number of hydrogen-bond acceptors (Lipinski definition) is 4. The number of carbonyl (C=O) groups excluding carboxylic acids is 3. The number of benzene rings is 2. The number of amides is 1. The van der Waals surface area contributed by atoms with Gasteiger partial charge in [0.2, 0.25) is 5.91 Å². The van der Waals surface area contributed by atoms with Crippen molar-refractivity contribution >= 4 is 17.7 Å². The highest BCUT2D eigenvalue weighted by Gasteiger charge is 2.28. The van der Waals surface area contributed by atoms with Gasteiger partial charge in [0.15, 0.2) is 6.04 Å². The Bertz CT molecular complexity index is 887. The summed E-state index contributed by atoms with van der Waals surface area (Å²) < 4.78 is 31.9. The second kappa shape index (κ2) is 10.1. The third-order valence-corrected chi connectivity index (χ3v) is 4.04. The normalized spacial score (nSPS) is 12.2. The summed E-state index contributed by atoms with van der Waals surface area (Å²) in [6.07, 6.45) is -0.474. The summed E-state index contributed by atoms with van der Waals surface area (Å²) in [5.74, 6) is -2.99. The molecule has 0 heterocycles. The maximum absolute atomic E-state index is 13.2. The van der Waals surface area contributed by atoms with Gasteiger partial charge in [-0.05, 0) is 44.0 Å². The minimum Gasteiger partial charge on any atom is -0.458 e. The number of Topliss-reactive ketones (excluding diaryl/α,β-unsaturated/α-hetero) is 1. The molecule has 160 valence electrons. The Morgan fingerprint density at radius 2 is 1.57 bits per heavy atom. The zero-order valence-electron chi connectivity index (χ0n) is 17.2. The lowest BCUT2D eigenvalue weighted by molar-refractivity contribution is -0.158. The summed E-state index contributed by atoms with van der Waals surface area (Å²) in [4.78, 5) is 37.0. The molecular weight excluding hydrogens is 392 g/mol. The first-order valence-corrected chi connectivity index (χ1v) is 9.57. The average Bonchev–Trinajstić information content (AvgIpc) is 2.63. The van der Waals surface area contributed by atoms with Gasteiger partial charge in [0.05, 0.1) is 0 Å². The average molecular weight is 417 g/mol. The molecule has 0 aliphatic heterocycles. The Labute approximate surface area is 174 Å². The van der Waals surface area contributed by atoms with Gasteiger partial charge in [0.25, 0.3) is 0 Å². The minimum absolute atomic E-state index is 0.125. The van der Waals surface area contributed by atoms with Crippen molar-refractivity contribution in [3.8, 4) is 0 Å². The summed E-state index contributed by atoms with van der Waals surface area (Å²) in [6, 6.07) is 10.5. The van der Waals surface area contributed by atoms with E-state index in [0.29, 0.717) is 5.56 Å². The fourth-order valence-electron chi connectivity index (χ4n) is 2.80. The number of esters is 1. The molecule has 0 radical (unpaired) electrons. The van der Waals surface area contributed by atoms with Crippen LogP contribution in [-0.4, -0.2) is 23.3 Å². The fraction of sp³-hybridized carbons (Fsp3) is 0.348. The van der Waals surface area contributed by atoms with Crippen molar-refractivity contribution in [2.75, 3.05) is 0 Å². The third kappa shape index (κ3) is 7.73. The molecular formula is C23H25F2NO4. The van der Waals surface area contributed by atoms with Crippen molar-refractivity contribution in [1.29, 1.82) is 0 Å². The molecule has 1 amide bonds. The molecule has 0 aromatic heterocycles. The van der Waals surface area contributed by atoms with Crippen LogP contribution in [0.1, 0.15) is 50.8 Å². The predicted octanol–water partition coefficient (Wildman–Crippen LogP) is 4.06. The molecule has 0 fully saturated rings. The van der Waals surface area contributed by atoms with Crippen LogP contribution in [0, 0.1) is 11.6 Å². The summed E-state index contributed by atoms with van der Waals surface area (Å²) in [5, 5.41) is 2.61. The van der Waals surface area contributed by atoms with E-state index in [-0.39, 0.29) is 30.6 Å². The Morgan fingerprint density at radius 3 is 2.13 bits per heavy atom. The molecule has 0 aliphatic carbocycles. The minimum atomic E-state index is -1.01. The number of ether oxygens (including phenoxy) is 1. The summed E-state index contributed by atoms with van der Waals surface area (Å²) in [5.41, 5.74) is 0.0286. The van der Waals surface area contributed by atoms with E-state index in [0.717, 1.165) is 18.2 Å². The van der Waals surface area contributed by atoms with E-state index in [4.69, 9.17) is 4.74 Å². The van der Waals surface area contributed by atoms with Crippen LogP contribution in [0.3, 0.4) is 0 Å². The van der Waals surface area contributed by atoms with Gasteiger partial charge in [0.1, 0.15) is 23.0 Å². The van der Waals surface area contributed by atoms with Crippen LogP contribution < -0.4 is 5.32 Å². The molecule has 2 aromatic carbocycles. The van der Waals surface area contributed by atoms with Crippen molar-refractivity contribution in [1.82, 2.24) is 5.32 Å². The van der Waals surface area contributed by atoms with Crippen LogP contribution >= 0.6 is 0 Å². The molecule has 0 spiro atoms. The molecule has 0 saturated heterocycles. The van der Waals surface area contributed by atoms with E-state index in [2.05, 4.69) is 5.32 Å². The summed E-state index contributed by atoms with van der Waals surface area (Å²) in [6.45, 7) is 5.17. The number of hydrogen-bond donors (Lipinski definition) is 1. The molecule has 0 saturated carbocycles. The largest absolute Gasteiger partial charge is 0.458 e. The molecule has 30 heavy (non-hydrogen) atoms. The van der Waals surface area contributed by atoms with E-state index >= 15 is 0 Å². The van der Waals surface area contributed by atoms with E-state index < -0.39 is 35.2 Å². The first-order chi connectivity index (χ1) is 14.0. The lowest BCUT2D eigenvalue weighted by Gasteiger charge is -2.24. The number of carbonyl (C=O) groups is 3. The second-order valence-electron chi connectivity index (χ2n) is 7.94. The first kappa shape index (κ1) is 23.2. The Hall–Kier alpha value is -3.09. The third-order valence-electron chi connectivity index (χ3n) is 4.04. The van der Waals surface area contributed by atoms with E-state index in [1.807, 2.05) is 0 Å². The van der Waals surface area contributed by atoms with Crippen LogP contribution in [-0.2, 0) is 25.5 Å². The topological polar surface area (TPSA) is 72.5 Å². The monoisotopic (exact) mass is 417 g/mol. The number of halogens is 2. The van der Waals surface area contributed by atoms with Crippen molar-refractivity contribution in [3.05, 3.63) is 71.3 Å². The maximum Gasteiger partial charge on any atom is 0.333 e. The molecule has 1 atom stereocenters. The highest BCUT2D eigenvalue weighted by molar-refractivity contribution is 5.89. The summed E-state index contributed by atoms with van der Waals surface area (Å²) in [7, 11) is 0. The quantitative estimate of drug-likeness (QED) is 0.658. The molecule has 0 bridgehead atoms. The number of ketones is 1. The summed E-state index contributed by atoms with van der Waals surface area (Å²) >= 11 is 0. The number of rotatable bonds is 8. The van der Waals surface area contributed by atoms with E-state index in [1.54, 1.807) is 51.1 Å². The Morgan fingerprint density at radius 1 is 0.967 bits per heavy atom. The van der Waals surface area contributed by atoms with Crippen molar-refractivity contribution in [3.63, 3.8) is 0 Å². The highest BCUT2D eigenvalue weighted by Crippen LogP contribution is 2.19. The van der Waals surface area contributed by atoms with Crippen LogP contribution in [0.5, 0.6) is 0 Å². The van der Waals surface area contributed by atoms with Gasteiger partial charge in [-0.15, -0.1) is 0 Å². The molecule has 0 aliphatic rings. The number of nitrogens with one attached hydrogen (secondary N) is 1. The first-order valence-electron chi connectivity index (χ1n) is 9.57. The van der Waals surface area contributed by atoms with E-state index in [9.17, 15) is 23.2 Å². The fourth-order valence-corrected chi connectivity index (χ4v) is 2.80. The van der Waals surface area contributed by atoms with Gasteiger partial charge in [-0.25, -0.2) is 13.6 Å². The lowest BCUT2D eigenvalue weighted by Crippen LogP contribution is -2.38. The van der Waals surface area contributed by atoms with Crippen LogP contribution in [0.25, 0.3) is 0 Å². The maximum atomic E-state index is 13.2. The molecule has 5 nitrogen and oxygen atoms in total. The molecule has 7 heteroatoms. The van der Waals surface area contributed by atoms with Crippen LogP contribution in [0.2, 0.25) is 0 Å². The molecule has 2 aromatic rings. The van der Waals surface area contributed by atoms with E-state index in [1.165, 1.54) is 0 Å². The standard InChI is InChI=1S/C23H25F2NO4/c1-23(2,3)30-22(29)21(16-7-5-4-6-8-16)26-20(28)10-9-19(27)13-15-11-17(24)14-18(25)12-15/h4-8,11-12,14,21H,9-10,13H2,1-3H3,(H,26,28)/t21-/m0/s1. The Kier molecular flexibility index (Phi) is 7.80. The van der Waals surface area contributed by atoms with Crippen molar-refractivity contribution < 1.29 is 27.9 Å².